The molecule has 8 nitrogen and oxygen atoms in total. The molecular formula is C19H19N3O5. The van der Waals surface area contributed by atoms with Crippen molar-refractivity contribution in [3.05, 3.63) is 75.4 Å². The number of hydrogen-bond acceptors (Lipinski definition) is 7. The molecule has 27 heavy (non-hydrogen) atoms. The normalized spacial score (nSPS) is 19.3. The number of hydrogen-bond donors (Lipinski definition) is 4. The van der Waals surface area contributed by atoms with Crippen molar-refractivity contribution >= 4 is 11.9 Å². The molecule has 0 spiro atoms. The van der Waals surface area contributed by atoms with Gasteiger partial charge in [0.05, 0.1) is 11.0 Å². The van der Waals surface area contributed by atoms with Crippen LogP contribution in [-0.4, -0.2) is 40.0 Å². The number of phenolic OH excluding ortho intramolecular Hbond substituents is 2. The van der Waals surface area contributed by atoms with Gasteiger partial charge in [-0.2, -0.15) is 0 Å². The number of allylic oxidation sites excluding steroid dienone is 1. The van der Waals surface area contributed by atoms with Gasteiger partial charge in [-0.05, 0) is 54.6 Å². The van der Waals surface area contributed by atoms with Gasteiger partial charge in [0.2, 0.25) is 0 Å². The fraction of sp³-hybridized carbons (Fsp3) is 0.211. The Morgan fingerprint density at radius 2 is 1.96 bits per heavy atom. The van der Waals surface area contributed by atoms with Gasteiger partial charge in [0.15, 0.2) is 11.5 Å². The molecule has 0 bridgehead atoms. The quantitative estimate of drug-likeness (QED) is 0.351. The molecule has 1 aliphatic heterocycles. The first kappa shape index (κ1) is 18.6. The summed E-state index contributed by atoms with van der Waals surface area (Å²) in [5, 5.41) is 44.7. The van der Waals surface area contributed by atoms with Gasteiger partial charge >= 0.3 is 0 Å². The van der Waals surface area contributed by atoms with Crippen molar-refractivity contribution in [2.24, 2.45) is 4.99 Å². The lowest BCUT2D eigenvalue weighted by Gasteiger charge is -2.27. The summed E-state index contributed by atoms with van der Waals surface area (Å²) >= 11 is 0. The largest absolute Gasteiger partial charge is 0.504 e. The summed E-state index contributed by atoms with van der Waals surface area (Å²) in [4.78, 5) is 14.9. The predicted molar refractivity (Wildman–Crippen MR) is 100 cm³/mol. The molecule has 0 fully saturated rings. The number of likely N-dealkylation sites (N-methyl/N-ethyl adjacent to an activating group) is 1. The SMILES string of the molecule is CNC[C@H](O)c1cc(O)c(O)c(C2(c3ccc([N+](=O)[O-])cc3)C=CC=N2)c1. The fourth-order valence-corrected chi connectivity index (χ4v) is 3.14. The Kier molecular flexibility index (Phi) is 4.93. The van der Waals surface area contributed by atoms with Crippen LogP contribution < -0.4 is 5.32 Å². The average molecular weight is 369 g/mol. The van der Waals surface area contributed by atoms with Crippen LogP contribution in [0.25, 0.3) is 0 Å². The van der Waals surface area contributed by atoms with Crippen LogP contribution in [0.4, 0.5) is 5.69 Å². The van der Waals surface area contributed by atoms with Crippen LogP contribution in [0, 0.1) is 10.1 Å². The number of nitrogens with zero attached hydrogens (tertiary/aromatic N) is 2. The second kappa shape index (κ2) is 7.18. The maximum Gasteiger partial charge on any atom is 0.269 e. The lowest BCUT2D eigenvalue weighted by atomic mass is 9.82. The molecule has 0 amide bonds. The summed E-state index contributed by atoms with van der Waals surface area (Å²) in [6.45, 7) is 0.257. The molecule has 2 aromatic rings. The second-order valence-corrected chi connectivity index (χ2v) is 6.22. The van der Waals surface area contributed by atoms with Gasteiger partial charge in [-0.15, -0.1) is 0 Å². The van der Waals surface area contributed by atoms with Crippen LogP contribution >= 0.6 is 0 Å². The van der Waals surface area contributed by atoms with E-state index in [2.05, 4.69) is 10.3 Å². The van der Waals surface area contributed by atoms with Gasteiger partial charge in [0, 0.05) is 30.5 Å². The van der Waals surface area contributed by atoms with Crippen molar-refractivity contribution in [2.75, 3.05) is 13.6 Å². The summed E-state index contributed by atoms with van der Waals surface area (Å²) in [5.41, 5.74) is 0.0302. The van der Waals surface area contributed by atoms with Gasteiger partial charge < -0.3 is 20.6 Å². The molecule has 0 aromatic heterocycles. The van der Waals surface area contributed by atoms with Crippen LogP contribution in [0.3, 0.4) is 0 Å². The summed E-state index contributed by atoms with van der Waals surface area (Å²) in [6, 6.07) is 8.69. The van der Waals surface area contributed by atoms with Gasteiger partial charge in [-0.25, -0.2) is 0 Å². The third-order valence-electron chi connectivity index (χ3n) is 4.52. The summed E-state index contributed by atoms with van der Waals surface area (Å²) in [5.74, 6) is -0.744. The number of aliphatic hydroxyl groups is 1. The van der Waals surface area contributed by atoms with E-state index < -0.39 is 16.6 Å². The Bertz CT molecular complexity index is 910. The third kappa shape index (κ3) is 3.27. The first-order valence-electron chi connectivity index (χ1n) is 8.26. The maximum absolute atomic E-state index is 10.9. The van der Waals surface area contributed by atoms with E-state index in [1.165, 1.54) is 18.2 Å². The van der Waals surface area contributed by atoms with E-state index in [0.29, 0.717) is 11.1 Å². The molecule has 1 heterocycles. The second-order valence-electron chi connectivity index (χ2n) is 6.22. The molecule has 0 aliphatic carbocycles. The molecule has 8 heteroatoms. The molecule has 2 atom stereocenters. The summed E-state index contributed by atoms with van der Waals surface area (Å²) in [7, 11) is 1.69. The maximum atomic E-state index is 10.9. The number of aliphatic hydroxyl groups excluding tert-OH is 1. The number of non-ortho nitro benzene ring substituents is 1. The zero-order chi connectivity index (χ0) is 19.6. The molecule has 1 aliphatic rings. The Hall–Kier alpha value is -3.23. The number of nitrogens with one attached hydrogen (secondary N) is 1. The zero-order valence-electron chi connectivity index (χ0n) is 14.5. The van der Waals surface area contributed by atoms with Crippen molar-refractivity contribution in [2.45, 2.75) is 11.6 Å². The van der Waals surface area contributed by atoms with Crippen molar-refractivity contribution in [1.82, 2.24) is 5.32 Å². The number of aliphatic imine (C=N–C) groups is 1. The predicted octanol–water partition coefficient (Wildman–Crippen LogP) is 2.14. The van der Waals surface area contributed by atoms with Crippen LogP contribution in [0.15, 0.2) is 53.5 Å². The minimum Gasteiger partial charge on any atom is -0.504 e. The highest BCUT2D eigenvalue weighted by Gasteiger charge is 2.37. The Labute approximate surface area is 155 Å². The van der Waals surface area contributed by atoms with E-state index in [1.54, 1.807) is 43.6 Å². The van der Waals surface area contributed by atoms with Crippen LogP contribution in [0.1, 0.15) is 22.8 Å². The van der Waals surface area contributed by atoms with Gasteiger partial charge in [0.1, 0.15) is 5.54 Å². The first-order chi connectivity index (χ1) is 12.9. The minimum atomic E-state index is -1.16. The highest BCUT2D eigenvalue weighted by molar-refractivity contribution is 5.78. The number of nitro benzene ring substituents is 1. The smallest absolute Gasteiger partial charge is 0.269 e. The van der Waals surface area contributed by atoms with Gasteiger partial charge in [0.25, 0.3) is 5.69 Å². The van der Waals surface area contributed by atoms with E-state index in [-0.39, 0.29) is 29.3 Å². The topological polar surface area (TPSA) is 128 Å². The van der Waals surface area contributed by atoms with Gasteiger partial charge in [-0.1, -0.05) is 0 Å². The fourth-order valence-electron chi connectivity index (χ4n) is 3.14. The van der Waals surface area contributed by atoms with Crippen molar-refractivity contribution in [3.63, 3.8) is 0 Å². The number of phenols is 2. The van der Waals surface area contributed by atoms with Crippen molar-refractivity contribution in [1.29, 1.82) is 0 Å². The highest BCUT2D eigenvalue weighted by Crippen LogP contribution is 2.46. The van der Waals surface area contributed by atoms with E-state index in [0.717, 1.165) is 0 Å². The van der Waals surface area contributed by atoms with E-state index >= 15 is 0 Å². The number of benzene rings is 2. The van der Waals surface area contributed by atoms with Crippen LogP contribution in [0.2, 0.25) is 0 Å². The summed E-state index contributed by atoms with van der Waals surface area (Å²) < 4.78 is 0. The van der Waals surface area contributed by atoms with Crippen molar-refractivity contribution < 1.29 is 20.2 Å². The number of nitro groups is 1. The first-order valence-corrected chi connectivity index (χ1v) is 8.26. The lowest BCUT2D eigenvalue weighted by Crippen LogP contribution is -2.22. The molecule has 3 rings (SSSR count). The molecule has 0 radical (unpaired) electrons. The number of aromatic hydroxyl groups is 2. The molecule has 0 saturated heterocycles. The van der Waals surface area contributed by atoms with Gasteiger partial charge in [-0.3, -0.25) is 15.1 Å². The zero-order valence-corrected chi connectivity index (χ0v) is 14.5. The molecular weight excluding hydrogens is 350 g/mol. The molecule has 4 N–H and O–H groups in total. The standard InChI is InChI=1S/C19H19N3O5/c1-20-11-17(24)12-9-15(18(25)16(23)10-12)19(7-2-8-21-19)13-3-5-14(6-4-13)22(26)27/h2-10,17,20,23-25H,11H2,1H3/t17-,19?/m0/s1. The minimum absolute atomic E-state index is 0.0647. The highest BCUT2D eigenvalue weighted by atomic mass is 16.6. The van der Waals surface area contributed by atoms with Crippen LogP contribution in [0.5, 0.6) is 11.5 Å². The lowest BCUT2D eigenvalue weighted by molar-refractivity contribution is -0.384. The van der Waals surface area contributed by atoms with E-state index in [9.17, 15) is 25.4 Å². The Morgan fingerprint density at radius 3 is 2.52 bits per heavy atom. The Balaban J connectivity index is 2.17. The third-order valence-corrected chi connectivity index (χ3v) is 4.52. The monoisotopic (exact) mass is 369 g/mol. The molecule has 140 valence electrons. The Morgan fingerprint density at radius 1 is 1.26 bits per heavy atom. The average Bonchev–Trinajstić information content (AvgIpc) is 3.15. The van der Waals surface area contributed by atoms with E-state index in [4.69, 9.17) is 0 Å². The van der Waals surface area contributed by atoms with Crippen molar-refractivity contribution in [3.8, 4) is 11.5 Å². The van der Waals surface area contributed by atoms with E-state index in [1.807, 2.05) is 0 Å². The molecule has 2 aromatic carbocycles. The summed E-state index contributed by atoms with van der Waals surface area (Å²) in [6.07, 6.45) is 4.06. The number of rotatable bonds is 6. The molecule has 0 saturated carbocycles. The van der Waals surface area contributed by atoms with Crippen LogP contribution in [-0.2, 0) is 5.54 Å². The molecule has 1 unspecified atom stereocenters.